The first-order valence-electron chi connectivity index (χ1n) is 7.32. The summed E-state index contributed by atoms with van der Waals surface area (Å²) in [5, 5.41) is 32.5. The molecule has 10 nitrogen and oxygen atoms in total. The number of hydrogen-bond donors (Lipinski definition) is 4. The summed E-state index contributed by atoms with van der Waals surface area (Å²) in [6.45, 7) is -0.608. The highest BCUT2D eigenvalue weighted by atomic mass is 32.2. The summed E-state index contributed by atoms with van der Waals surface area (Å²) in [5.41, 5.74) is 5.70. The molecule has 3 atom stereocenters. The number of non-ortho nitro benzene ring substituents is 1. The van der Waals surface area contributed by atoms with Gasteiger partial charge in [0.2, 0.25) is 5.91 Å². The van der Waals surface area contributed by atoms with Crippen LogP contribution in [0.25, 0.3) is 0 Å². The highest BCUT2D eigenvalue weighted by Crippen LogP contribution is 2.20. The van der Waals surface area contributed by atoms with Crippen molar-refractivity contribution in [3.8, 4) is 0 Å². The Morgan fingerprint density at radius 1 is 1.36 bits per heavy atom. The fourth-order valence-electron chi connectivity index (χ4n) is 2.01. The van der Waals surface area contributed by atoms with Crippen molar-refractivity contribution >= 4 is 21.4 Å². The zero-order valence-corrected chi connectivity index (χ0v) is 14.3. The molecule has 0 radical (unpaired) electrons. The number of sulfone groups is 1. The highest BCUT2D eigenvalue weighted by Gasteiger charge is 2.25. The predicted octanol–water partition coefficient (Wildman–Crippen LogP) is -1.13. The summed E-state index contributed by atoms with van der Waals surface area (Å²) in [5.74, 6) is -0.986. The van der Waals surface area contributed by atoms with Gasteiger partial charge in [-0.05, 0) is 24.1 Å². The Morgan fingerprint density at radius 3 is 2.36 bits per heavy atom. The van der Waals surface area contributed by atoms with E-state index in [9.17, 15) is 33.5 Å². The third-order valence-electron chi connectivity index (χ3n) is 3.49. The first-order valence-corrected chi connectivity index (χ1v) is 9.38. The van der Waals surface area contributed by atoms with Crippen molar-refractivity contribution < 1.29 is 28.3 Å². The van der Waals surface area contributed by atoms with Gasteiger partial charge in [-0.2, -0.15) is 0 Å². The minimum Gasteiger partial charge on any atom is -0.394 e. The summed E-state index contributed by atoms with van der Waals surface area (Å²) in [6.07, 6.45) is -0.403. The van der Waals surface area contributed by atoms with Crippen molar-refractivity contribution in [1.82, 2.24) is 5.32 Å². The predicted molar refractivity (Wildman–Crippen MR) is 89.4 cm³/mol. The third kappa shape index (κ3) is 6.74. The van der Waals surface area contributed by atoms with Crippen molar-refractivity contribution in [2.24, 2.45) is 5.73 Å². The first kappa shape index (κ1) is 21.0. The Morgan fingerprint density at radius 2 is 1.92 bits per heavy atom. The van der Waals surface area contributed by atoms with Crippen LogP contribution in [0, 0.1) is 10.1 Å². The average Bonchev–Trinajstić information content (AvgIpc) is 2.56. The van der Waals surface area contributed by atoms with Gasteiger partial charge < -0.3 is 21.3 Å². The zero-order chi connectivity index (χ0) is 19.2. The van der Waals surface area contributed by atoms with Crippen LogP contribution >= 0.6 is 0 Å². The molecular weight excluding hydrogens is 354 g/mol. The molecule has 0 heterocycles. The van der Waals surface area contributed by atoms with Gasteiger partial charge in [0, 0.05) is 18.4 Å². The number of benzene rings is 1. The number of carbonyl (C=O) groups is 1. The smallest absolute Gasteiger partial charge is 0.269 e. The molecule has 1 aromatic carbocycles. The number of carbonyl (C=O) groups excluding carboxylic acids is 1. The Kier molecular flexibility index (Phi) is 7.42. The second-order valence-corrected chi connectivity index (χ2v) is 7.88. The van der Waals surface area contributed by atoms with Gasteiger partial charge in [0.05, 0.1) is 29.4 Å². The molecule has 0 saturated heterocycles. The Balaban J connectivity index is 2.73. The van der Waals surface area contributed by atoms with E-state index in [1.807, 2.05) is 0 Å². The van der Waals surface area contributed by atoms with Crippen molar-refractivity contribution in [3.63, 3.8) is 0 Å². The molecule has 0 aliphatic heterocycles. The Hall–Kier alpha value is -2.08. The lowest BCUT2D eigenvalue weighted by molar-refractivity contribution is -0.384. The topological polar surface area (TPSA) is 173 Å². The fourth-order valence-corrected chi connectivity index (χ4v) is 2.69. The van der Waals surface area contributed by atoms with Crippen LogP contribution in [0.5, 0.6) is 0 Å². The lowest BCUT2D eigenvalue weighted by atomic mass is 10.0. The van der Waals surface area contributed by atoms with Crippen LogP contribution in [0.2, 0.25) is 0 Å². The van der Waals surface area contributed by atoms with Gasteiger partial charge in [0.25, 0.3) is 5.69 Å². The number of hydrogen-bond acceptors (Lipinski definition) is 8. The maximum Gasteiger partial charge on any atom is 0.269 e. The Labute approximate surface area is 144 Å². The molecule has 0 aromatic heterocycles. The van der Waals surface area contributed by atoms with E-state index < -0.39 is 45.5 Å². The normalized spacial score (nSPS) is 15.2. The number of rotatable bonds is 9. The molecule has 0 fully saturated rings. The number of aliphatic hydroxyl groups excluding tert-OH is 2. The maximum absolute atomic E-state index is 12.0. The molecule has 0 aliphatic rings. The van der Waals surface area contributed by atoms with Crippen LogP contribution in [0.15, 0.2) is 24.3 Å². The van der Waals surface area contributed by atoms with E-state index >= 15 is 0 Å². The molecule has 25 heavy (non-hydrogen) atoms. The van der Waals surface area contributed by atoms with Crippen LogP contribution < -0.4 is 11.1 Å². The number of nitro groups is 1. The molecule has 0 spiro atoms. The molecule has 140 valence electrons. The standard InChI is InChI=1S/C14H21N3O7S/c1-25(23,24)7-6-11(15)14(20)16-12(8-18)13(19)9-2-4-10(5-3-9)17(21)22/h2-5,11-13,18-19H,6-8,15H2,1H3,(H,16,20)/t11-,12+,13-/m0/s1. The summed E-state index contributed by atoms with van der Waals surface area (Å²) in [6, 6.07) is 2.77. The molecule has 0 unspecified atom stereocenters. The molecule has 11 heteroatoms. The number of amides is 1. The largest absolute Gasteiger partial charge is 0.394 e. The monoisotopic (exact) mass is 375 g/mol. The van der Waals surface area contributed by atoms with E-state index in [1.165, 1.54) is 24.3 Å². The third-order valence-corrected chi connectivity index (χ3v) is 4.46. The van der Waals surface area contributed by atoms with E-state index in [0.717, 1.165) is 6.26 Å². The quantitative estimate of drug-likeness (QED) is 0.310. The number of nitrogens with two attached hydrogens (primary N) is 1. The van der Waals surface area contributed by atoms with Crippen molar-refractivity contribution in [1.29, 1.82) is 0 Å². The van der Waals surface area contributed by atoms with Gasteiger partial charge in [-0.15, -0.1) is 0 Å². The van der Waals surface area contributed by atoms with Crippen LogP contribution in [0.4, 0.5) is 5.69 Å². The van der Waals surface area contributed by atoms with Gasteiger partial charge in [0.15, 0.2) is 0 Å². The molecule has 0 saturated carbocycles. The molecule has 0 aliphatic carbocycles. The van der Waals surface area contributed by atoms with Crippen molar-refractivity contribution in [2.75, 3.05) is 18.6 Å². The summed E-state index contributed by atoms with van der Waals surface area (Å²) in [7, 11) is -3.27. The summed E-state index contributed by atoms with van der Waals surface area (Å²) in [4.78, 5) is 22.0. The Bertz CT molecular complexity index is 706. The average molecular weight is 375 g/mol. The SMILES string of the molecule is CS(=O)(=O)CC[C@H](N)C(=O)N[C@H](CO)[C@@H](O)c1ccc([N+](=O)[O-])cc1. The minimum atomic E-state index is -3.27. The van der Waals surface area contributed by atoms with E-state index in [0.29, 0.717) is 0 Å². The molecule has 1 aromatic rings. The zero-order valence-electron chi connectivity index (χ0n) is 13.5. The fraction of sp³-hybridized carbons (Fsp3) is 0.500. The summed E-state index contributed by atoms with van der Waals surface area (Å²) < 4.78 is 22.2. The number of aliphatic hydroxyl groups is 2. The lowest BCUT2D eigenvalue weighted by Crippen LogP contribution is -2.49. The van der Waals surface area contributed by atoms with E-state index in [4.69, 9.17) is 5.73 Å². The van der Waals surface area contributed by atoms with E-state index in [2.05, 4.69) is 5.32 Å². The lowest BCUT2D eigenvalue weighted by Gasteiger charge is -2.24. The van der Waals surface area contributed by atoms with Crippen LogP contribution in [-0.2, 0) is 14.6 Å². The van der Waals surface area contributed by atoms with E-state index in [-0.39, 0.29) is 23.4 Å². The van der Waals surface area contributed by atoms with Gasteiger partial charge in [0.1, 0.15) is 15.9 Å². The second-order valence-electron chi connectivity index (χ2n) is 5.62. The second kappa shape index (κ2) is 8.85. The van der Waals surface area contributed by atoms with Gasteiger partial charge in [-0.25, -0.2) is 8.42 Å². The summed E-state index contributed by atoms with van der Waals surface area (Å²) >= 11 is 0. The van der Waals surface area contributed by atoms with Crippen LogP contribution in [0.1, 0.15) is 18.1 Å². The van der Waals surface area contributed by atoms with Gasteiger partial charge in [-0.3, -0.25) is 14.9 Å². The van der Waals surface area contributed by atoms with Crippen LogP contribution in [-0.4, -0.2) is 60.2 Å². The van der Waals surface area contributed by atoms with E-state index in [1.54, 1.807) is 0 Å². The number of nitrogens with zero attached hydrogens (tertiary/aromatic N) is 1. The van der Waals surface area contributed by atoms with Crippen molar-refractivity contribution in [3.05, 3.63) is 39.9 Å². The van der Waals surface area contributed by atoms with Gasteiger partial charge in [-0.1, -0.05) is 0 Å². The number of nitro benzene ring substituents is 1. The maximum atomic E-state index is 12.0. The molecule has 0 bridgehead atoms. The molecule has 1 amide bonds. The number of nitrogens with one attached hydrogen (secondary N) is 1. The highest BCUT2D eigenvalue weighted by molar-refractivity contribution is 7.90. The van der Waals surface area contributed by atoms with Crippen molar-refractivity contribution in [2.45, 2.75) is 24.6 Å². The molecular formula is C14H21N3O7S. The molecule has 5 N–H and O–H groups in total. The van der Waals surface area contributed by atoms with Crippen LogP contribution in [0.3, 0.4) is 0 Å². The van der Waals surface area contributed by atoms with Gasteiger partial charge >= 0.3 is 0 Å². The minimum absolute atomic E-state index is 0.101. The molecule has 1 rings (SSSR count). The first-order chi connectivity index (χ1) is 11.5.